The molecule has 4 aliphatic rings. The Labute approximate surface area is 220 Å². The van der Waals surface area contributed by atoms with Crippen LogP contribution in [0, 0.1) is 35.0 Å². The van der Waals surface area contributed by atoms with Gasteiger partial charge in [-0.1, -0.05) is 43.2 Å². The largest absolute Gasteiger partial charge is 0.454 e. The fraction of sp³-hybridized carbons (Fsp3) is 0.517. The number of nitrogens with zero attached hydrogens (tertiary/aromatic N) is 1. The molecule has 6 nitrogen and oxygen atoms in total. The van der Waals surface area contributed by atoms with Crippen molar-refractivity contribution in [2.75, 3.05) is 6.79 Å². The summed E-state index contributed by atoms with van der Waals surface area (Å²) in [6.45, 7) is 8.10. The normalized spacial score (nSPS) is 37.5. The number of nitrogens with two attached hydrogens (primary N) is 1. The molecule has 3 aliphatic carbocycles. The van der Waals surface area contributed by atoms with Crippen LogP contribution in [0.25, 0.3) is 0 Å². The van der Waals surface area contributed by atoms with Crippen molar-refractivity contribution in [1.82, 2.24) is 5.43 Å². The minimum Gasteiger partial charge on any atom is -0.454 e. The molecule has 0 aromatic rings. The molecule has 2 saturated carbocycles. The van der Waals surface area contributed by atoms with Crippen LogP contribution in [0.5, 0.6) is 0 Å². The molecule has 7 heteroatoms. The Morgan fingerprint density at radius 3 is 2.89 bits per heavy atom. The molecule has 192 valence electrons. The van der Waals surface area contributed by atoms with E-state index in [1.165, 1.54) is 5.57 Å². The summed E-state index contributed by atoms with van der Waals surface area (Å²) < 4.78 is 11.2. The summed E-state index contributed by atoms with van der Waals surface area (Å²) in [7, 11) is 0. The Bertz CT molecular complexity index is 1110. The average Bonchev–Trinajstić information content (AvgIpc) is 3.41. The van der Waals surface area contributed by atoms with E-state index >= 15 is 0 Å². The van der Waals surface area contributed by atoms with Gasteiger partial charge in [0.05, 0.1) is 5.71 Å². The second-order valence-electron chi connectivity index (χ2n) is 10.2. The van der Waals surface area contributed by atoms with Crippen molar-refractivity contribution < 1.29 is 14.6 Å². The number of thiocarbonyl (C=S) groups is 1. The van der Waals surface area contributed by atoms with Crippen LogP contribution in [-0.4, -0.2) is 28.3 Å². The van der Waals surface area contributed by atoms with Gasteiger partial charge >= 0.3 is 0 Å². The van der Waals surface area contributed by atoms with Gasteiger partial charge in [0.15, 0.2) is 16.6 Å². The average molecular weight is 508 g/mol. The van der Waals surface area contributed by atoms with E-state index in [-0.39, 0.29) is 23.2 Å². The maximum absolute atomic E-state index is 11.7. The highest BCUT2D eigenvalue weighted by Gasteiger charge is 2.61. The van der Waals surface area contributed by atoms with E-state index in [9.17, 15) is 5.11 Å². The zero-order valence-corrected chi connectivity index (χ0v) is 22.1. The Morgan fingerprint density at radius 1 is 1.33 bits per heavy atom. The van der Waals surface area contributed by atoms with Gasteiger partial charge in [0.2, 0.25) is 6.79 Å². The quantitative estimate of drug-likeness (QED) is 0.215. The highest BCUT2D eigenvalue weighted by Crippen LogP contribution is 2.63. The molecule has 0 radical (unpaired) electrons. The lowest BCUT2D eigenvalue weighted by Gasteiger charge is -2.51. The van der Waals surface area contributed by atoms with Gasteiger partial charge in [0.1, 0.15) is 5.60 Å². The Morgan fingerprint density at radius 2 is 2.14 bits per heavy atom. The Hall–Kier alpha value is -2.82. The number of rotatable bonds is 4. The summed E-state index contributed by atoms with van der Waals surface area (Å²) in [6, 6.07) is 0. The maximum atomic E-state index is 11.7. The predicted octanol–water partition coefficient (Wildman–Crippen LogP) is 5.00. The number of hydrogen-bond acceptors (Lipinski definition) is 5. The topological polar surface area (TPSA) is 89.1 Å². The third-order valence-corrected chi connectivity index (χ3v) is 8.37. The third-order valence-electron chi connectivity index (χ3n) is 8.28. The number of hydrogen-bond donors (Lipinski definition) is 3. The van der Waals surface area contributed by atoms with Crippen LogP contribution in [-0.2, 0) is 9.47 Å². The zero-order chi connectivity index (χ0) is 25.8. The summed E-state index contributed by atoms with van der Waals surface area (Å²) >= 11 is 4.90. The molecular weight excluding hydrogens is 470 g/mol. The highest BCUT2D eigenvalue weighted by molar-refractivity contribution is 7.80. The number of allylic oxidation sites excluding steroid dienone is 7. The SMILES string of the molecule is C=CC1=C(/C=C/[C@H]2C[C@@]3(C)[C@@H](CC[C@@]3(O)C#CC)[C@@H]3CC/C=C/C(=NNC(N)=S)CC/C=C/32)OCO1. The number of aliphatic hydroxyl groups is 1. The van der Waals surface area contributed by atoms with Crippen molar-refractivity contribution in [3.63, 3.8) is 0 Å². The van der Waals surface area contributed by atoms with Crippen LogP contribution in [0.3, 0.4) is 0 Å². The third kappa shape index (κ3) is 5.16. The molecule has 4 N–H and O–H groups in total. The summed E-state index contributed by atoms with van der Waals surface area (Å²) in [5, 5.41) is 16.3. The summed E-state index contributed by atoms with van der Waals surface area (Å²) in [5.41, 5.74) is 9.38. The first-order chi connectivity index (χ1) is 17.3. The van der Waals surface area contributed by atoms with Gasteiger partial charge < -0.3 is 20.3 Å². The molecular formula is C29H37N3O3S. The minimum atomic E-state index is -0.972. The summed E-state index contributed by atoms with van der Waals surface area (Å²) in [5.74, 6) is 8.49. The standard InChI is InChI=1S/C29H37N3O3S/c1-4-16-29(33)17-15-24-23-11-7-6-9-21(31-32-27(30)36)10-8-12-22(23)20(18-28(24,29)3)13-14-26-25(5-2)34-19-35-26/h5-6,9,12-14,20,23-24,33H,2,7-8,10-11,15,17-19H2,1,3H3,(H3,30,32,36)/b9-6+,14-13+,22-12+,31-21?/t20-,23+,24-,28-,29-/m0/s1. The van der Waals surface area contributed by atoms with Gasteiger partial charge in [-0.2, -0.15) is 5.10 Å². The van der Waals surface area contributed by atoms with Crippen molar-refractivity contribution in [1.29, 1.82) is 0 Å². The lowest BCUT2D eigenvalue weighted by molar-refractivity contribution is -0.0533. The van der Waals surface area contributed by atoms with Crippen LogP contribution in [0.2, 0.25) is 0 Å². The van der Waals surface area contributed by atoms with Crippen LogP contribution in [0.15, 0.2) is 65.2 Å². The molecule has 0 bridgehead atoms. The van der Waals surface area contributed by atoms with E-state index in [1.807, 2.05) is 13.0 Å². The second kappa shape index (κ2) is 11.1. The van der Waals surface area contributed by atoms with Gasteiger partial charge in [-0.25, -0.2) is 0 Å². The van der Waals surface area contributed by atoms with Gasteiger partial charge in [0, 0.05) is 5.41 Å². The second-order valence-corrected chi connectivity index (χ2v) is 10.7. The number of nitrogens with one attached hydrogen (secondary N) is 1. The van der Waals surface area contributed by atoms with Gasteiger partial charge in [-0.15, -0.1) is 5.92 Å². The van der Waals surface area contributed by atoms with E-state index < -0.39 is 5.60 Å². The Kier molecular flexibility index (Phi) is 8.07. The van der Waals surface area contributed by atoms with Crippen molar-refractivity contribution in [3.8, 4) is 11.8 Å². The van der Waals surface area contributed by atoms with Crippen LogP contribution in [0.1, 0.15) is 58.8 Å². The van der Waals surface area contributed by atoms with Gasteiger partial charge in [0.25, 0.3) is 0 Å². The molecule has 0 unspecified atom stereocenters. The smallest absolute Gasteiger partial charge is 0.231 e. The molecule has 0 spiro atoms. The van der Waals surface area contributed by atoms with Crippen molar-refractivity contribution >= 4 is 23.0 Å². The molecule has 1 aliphatic heterocycles. The first-order valence-corrected chi connectivity index (χ1v) is 13.2. The molecule has 1 heterocycles. The number of hydrazone groups is 1. The zero-order valence-electron chi connectivity index (χ0n) is 21.3. The Balaban J connectivity index is 1.70. The van der Waals surface area contributed by atoms with Crippen molar-refractivity contribution in [3.05, 3.63) is 60.1 Å². The van der Waals surface area contributed by atoms with Crippen molar-refractivity contribution in [2.45, 2.75) is 64.4 Å². The molecule has 0 aromatic heterocycles. The monoisotopic (exact) mass is 507 g/mol. The highest BCUT2D eigenvalue weighted by atomic mass is 32.1. The van der Waals surface area contributed by atoms with E-state index in [4.69, 9.17) is 27.4 Å². The minimum absolute atomic E-state index is 0.154. The number of ether oxygens (including phenoxy) is 2. The number of fused-ring (bicyclic) bond motifs is 3. The van der Waals surface area contributed by atoms with E-state index in [0.717, 1.165) is 50.7 Å². The predicted molar refractivity (Wildman–Crippen MR) is 147 cm³/mol. The van der Waals surface area contributed by atoms with Crippen LogP contribution >= 0.6 is 12.2 Å². The fourth-order valence-electron chi connectivity index (χ4n) is 6.56. The van der Waals surface area contributed by atoms with Gasteiger partial charge in [-0.3, -0.25) is 5.43 Å². The molecule has 0 amide bonds. The fourth-order valence-corrected chi connectivity index (χ4v) is 6.61. The van der Waals surface area contributed by atoms with E-state index in [1.54, 1.807) is 6.08 Å². The molecule has 0 aromatic carbocycles. The summed E-state index contributed by atoms with van der Waals surface area (Å²) in [4.78, 5) is 0. The maximum Gasteiger partial charge on any atom is 0.231 e. The molecule has 0 saturated heterocycles. The first kappa shape index (κ1) is 26.2. The lowest BCUT2D eigenvalue weighted by atomic mass is 9.54. The molecule has 2 fully saturated rings. The van der Waals surface area contributed by atoms with Gasteiger partial charge in [-0.05, 0) is 100 Å². The van der Waals surface area contributed by atoms with Crippen LogP contribution < -0.4 is 11.2 Å². The van der Waals surface area contributed by atoms with Crippen LogP contribution in [0.4, 0.5) is 0 Å². The lowest BCUT2D eigenvalue weighted by Crippen LogP contribution is -2.50. The van der Waals surface area contributed by atoms with Crippen molar-refractivity contribution in [2.24, 2.45) is 34.0 Å². The molecule has 36 heavy (non-hydrogen) atoms. The van der Waals surface area contributed by atoms with E-state index in [0.29, 0.717) is 23.4 Å². The molecule has 4 rings (SSSR count). The van der Waals surface area contributed by atoms with E-state index in [2.05, 4.69) is 60.2 Å². The first-order valence-electron chi connectivity index (χ1n) is 12.8. The summed E-state index contributed by atoms with van der Waals surface area (Å²) in [6.07, 6.45) is 18.7. The molecule has 5 atom stereocenters.